The van der Waals surface area contributed by atoms with Crippen LogP contribution in [0.3, 0.4) is 0 Å². The Kier molecular flexibility index (Phi) is 3.60. The van der Waals surface area contributed by atoms with Crippen LogP contribution < -0.4 is 0 Å². The minimum atomic E-state index is -0.0943. The number of carbonyl (C=O) groups is 1. The van der Waals surface area contributed by atoms with Crippen molar-refractivity contribution in [1.29, 1.82) is 0 Å². The average Bonchev–Trinajstić information content (AvgIpc) is 3.17. The van der Waals surface area contributed by atoms with Crippen LogP contribution >= 0.6 is 0 Å². The molecule has 0 unspecified atom stereocenters. The predicted octanol–water partition coefficient (Wildman–Crippen LogP) is 2.31. The Morgan fingerprint density at radius 1 is 0.963 bits per heavy atom. The van der Waals surface area contributed by atoms with Crippen LogP contribution in [0.1, 0.15) is 22.3 Å². The highest BCUT2D eigenvalue weighted by molar-refractivity contribution is 5.95. The third kappa shape index (κ3) is 2.80. The molecule has 1 aliphatic rings. The van der Waals surface area contributed by atoms with Crippen molar-refractivity contribution in [3.05, 3.63) is 66.4 Å². The molecule has 4 aromatic rings. The minimum absolute atomic E-state index is 0.0133. The van der Waals surface area contributed by atoms with Gasteiger partial charge in [-0.2, -0.15) is 4.98 Å². The van der Waals surface area contributed by atoms with Crippen molar-refractivity contribution in [3.63, 3.8) is 0 Å². The fourth-order valence-corrected chi connectivity index (χ4v) is 3.05. The van der Waals surface area contributed by atoms with E-state index in [9.17, 15) is 4.79 Å². The minimum Gasteiger partial charge on any atom is -0.338 e. The van der Waals surface area contributed by atoms with Crippen LogP contribution in [0.4, 0.5) is 0 Å². The lowest BCUT2D eigenvalue weighted by Crippen LogP contribution is -2.48. The van der Waals surface area contributed by atoms with Gasteiger partial charge in [-0.25, -0.2) is 15.0 Å². The Hall–Kier alpha value is -3.68. The molecule has 27 heavy (non-hydrogen) atoms. The number of carbonyl (C=O) groups excluding carboxylic acids is 1. The lowest BCUT2D eigenvalue weighted by atomic mass is 9.99. The summed E-state index contributed by atoms with van der Waals surface area (Å²) >= 11 is 0. The summed E-state index contributed by atoms with van der Waals surface area (Å²) in [7, 11) is 0. The van der Waals surface area contributed by atoms with Gasteiger partial charge in [-0.1, -0.05) is 29.4 Å². The Bertz CT molecular complexity index is 1120. The Labute approximate surface area is 153 Å². The standard InChI is InChI=1S/C19H14N6O2/c26-19(15-7-6-12-4-1-2-5-14(12)22-15)25-10-13(11-25)18-23-17(24-27-18)16-20-8-3-9-21-16/h1-9,13H,10-11H2. The zero-order valence-electron chi connectivity index (χ0n) is 14.2. The molecule has 8 nitrogen and oxygen atoms in total. The average molecular weight is 358 g/mol. The second-order valence-electron chi connectivity index (χ2n) is 6.32. The van der Waals surface area contributed by atoms with Crippen molar-refractivity contribution in [3.8, 4) is 11.6 Å². The summed E-state index contributed by atoms with van der Waals surface area (Å²) in [6.45, 7) is 1.04. The third-order valence-corrected chi connectivity index (χ3v) is 4.54. The fraction of sp³-hybridized carbons (Fsp3) is 0.158. The molecule has 3 aromatic heterocycles. The number of fused-ring (bicyclic) bond motifs is 1. The van der Waals surface area contributed by atoms with Crippen LogP contribution in [-0.4, -0.2) is 49.0 Å². The molecule has 4 heterocycles. The monoisotopic (exact) mass is 358 g/mol. The summed E-state index contributed by atoms with van der Waals surface area (Å²) in [5, 5.41) is 4.94. The van der Waals surface area contributed by atoms with Gasteiger partial charge in [-0.3, -0.25) is 4.79 Å². The number of aromatic nitrogens is 5. The Morgan fingerprint density at radius 3 is 2.63 bits per heavy atom. The summed E-state index contributed by atoms with van der Waals surface area (Å²) in [6.07, 6.45) is 3.25. The summed E-state index contributed by atoms with van der Waals surface area (Å²) in [4.78, 5) is 31.4. The van der Waals surface area contributed by atoms with E-state index in [0.29, 0.717) is 36.3 Å². The summed E-state index contributed by atoms with van der Waals surface area (Å²) in [6, 6.07) is 13.1. The molecule has 0 N–H and O–H groups in total. The first kappa shape index (κ1) is 15.6. The maximum Gasteiger partial charge on any atom is 0.272 e. The second kappa shape index (κ2) is 6.24. The maximum absolute atomic E-state index is 12.7. The number of rotatable bonds is 3. The number of pyridine rings is 1. The van der Waals surface area contributed by atoms with Crippen LogP contribution in [0.5, 0.6) is 0 Å². The lowest BCUT2D eigenvalue weighted by molar-refractivity contribution is 0.0563. The van der Waals surface area contributed by atoms with Gasteiger partial charge in [0.25, 0.3) is 5.91 Å². The van der Waals surface area contributed by atoms with Crippen LogP contribution in [-0.2, 0) is 0 Å². The number of para-hydroxylation sites is 1. The van der Waals surface area contributed by atoms with Gasteiger partial charge >= 0.3 is 0 Å². The number of likely N-dealkylation sites (tertiary alicyclic amines) is 1. The number of amides is 1. The molecule has 5 rings (SSSR count). The highest BCUT2D eigenvalue weighted by atomic mass is 16.5. The van der Waals surface area contributed by atoms with Gasteiger partial charge in [0.15, 0.2) is 0 Å². The van der Waals surface area contributed by atoms with E-state index in [1.165, 1.54) is 0 Å². The molecule has 0 atom stereocenters. The van der Waals surface area contributed by atoms with Crippen LogP contribution in [0.2, 0.25) is 0 Å². The highest BCUT2D eigenvalue weighted by Crippen LogP contribution is 2.28. The molecular weight excluding hydrogens is 344 g/mol. The Morgan fingerprint density at radius 2 is 1.78 bits per heavy atom. The smallest absolute Gasteiger partial charge is 0.272 e. The molecule has 1 fully saturated rings. The summed E-state index contributed by atoms with van der Waals surface area (Å²) in [5.41, 5.74) is 1.25. The number of benzene rings is 1. The fourth-order valence-electron chi connectivity index (χ4n) is 3.05. The van der Waals surface area contributed by atoms with E-state index in [1.807, 2.05) is 30.3 Å². The molecule has 0 radical (unpaired) electrons. The highest BCUT2D eigenvalue weighted by Gasteiger charge is 2.36. The van der Waals surface area contributed by atoms with Gasteiger partial charge < -0.3 is 9.42 Å². The maximum atomic E-state index is 12.7. The summed E-state index contributed by atoms with van der Waals surface area (Å²) < 4.78 is 5.32. The van der Waals surface area contributed by atoms with Crippen molar-refractivity contribution in [2.24, 2.45) is 0 Å². The molecule has 0 saturated carbocycles. The van der Waals surface area contributed by atoms with E-state index in [1.54, 1.807) is 29.4 Å². The predicted molar refractivity (Wildman–Crippen MR) is 95.7 cm³/mol. The van der Waals surface area contributed by atoms with Gasteiger partial charge in [0.1, 0.15) is 5.69 Å². The van der Waals surface area contributed by atoms with Crippen molar-refractivity contribution in [2.45, 2.75) is 5.92 Å². The van der Waals surface area contributed by atoms with Crippen LogP contribution in [0, 0.1) is 0 Å². The molecule has 1 aromatic carbocycles. The molecule has 8 heteroatoms. The number of hydrogen-bond acceptors (Lipinski definition) is 7. The van der Waals surface area contributed by atoms with Crippen molar-refractivity contribution in [1.82, 2.24) is 30.0 Å². The first-order chi connectivity index (χ1) is 13.3. The van der Waals surface area contributed by atoms with E-state index in [2.05, 4.69) is 25.1 Å². The third-order valence-electron chi connectivity index (χ3n) is 4.54. The molecule has 1 amide bonds. The molecule has 1 saturated heterocycles. The van der Waals surface area contributed by atoms with Crippen molar-refractivity contribution >= 4 is 16.8 Å². The van der Waals surface area contributed by atoms with Crippen molar-refractivity contribution < 1.29 is 9.32 Å². The number of nitrogens with zero attached hydrogens (tertiary/aromatic N) is 6. The van der Waals surface area contributed by atoms with Gasteiger partial charge in [-0.05, 0) is 18.2 Å². The van der Waals surface area contributed by atoms with E-state index in [0.717, 1.165) is 10.9 Å². The molecule has 0 bridgehead atoms. The quantitative estimate of drug-likeness (QED) is 0.554. The van der Waals surface area contributed by atoms with Crippen LogP contribution in [0.15, 0.2) is 59.4 Å². The zero-order valence-corrected chi connectivity index (χ0v) is 14.2. The largest absolute Gasteiger partial charge is 0.338 e. The molecular formula is C19H14N6O2. The van der Waals surface area contributed by atoms with E-state index >= 15 is 0 Å². The lowest BCUT2D eigenvalue weighted by Gasteiger charge is -2.36. The van der Waals surface area contributed by atoms with E-state index < -0.39 is 0 Å². The van der Waals surface area contributed by atoms with Crippen molar-refractivity contribution in [2.75, 3.05) is 13.1 Å². The first-order valence-corrected chi connectivity index (χ1v) is 8.54. The summed E-state index contributed by atoms with van der Waals surface area (Å²) in [5.74, 6) is 1.18. The second-order valence-corrected chi connectivity index (χ2v) is 6.32. The molecule has 0 spiro atoms. The van der Waals surface area contributed by atoms with E-state index in [4.69, 9.17) is 4.52 Å². The van der Waals surface area contributed by atoms with Crippen LogP contribution in [0.25, 0.3) is 22.6 Å². The topological polar surface area (TPSA) is 97.9 Å². The van der Waals surface area contributed by atoms with E-state index in [-0.39, 0.29) is 11.8 Å². The SMILES string of the molecule is O=C(c1ccc2ccccc2n1)N1CC(c2nc(-c3ncccn3)no2)C1. The van der Waals surface area contributed by atoms with Gasteiger partial charge in [0.05, 0.1) is 11.4 Å². The molecule has 132 valence electrons. The zero-order chi connectivity index (χ0) is 18.2. The first-order valence-electron chi connectivity index (χ1n) is 8.54. The molecule has 0 aliphatic carbocycles. The Balaban J connectivity index is 1.29. The van der Waals surface area contributed by atoms with Gasteiger partial charge in [0.2, 0.25) is 17.5 Å². The number of hydrogen-bond donors (Lipinski definition) is 0. The van der Waals surface area contributed by atoms with Gasteiger partial charge in [-0.15, -0.1) is 0 Å². The van der Waals surface area contributed by atoms with Gasteiger partial charge in [0, 0.05) is 30.9 Å². The molecule has 1 aliphatic heterocycles. The normalized spacial score (nSPS) is 14.3.